The van der Waals surface area contributed by atoms with E-state index in [0.29, 0.717) is 19.4 Å². The van der Waals surface area contributed by atoms with Crippen LogP contribution >= 0.6 is 0 Å². The predicted octanol–water partition coefficient (Wildman–Crippen LogP) is 4.10. The van der Waals surface area contributed by atoms with Gasteiger partial charge in [0.05, 0.1) is 6.61 Å². The summed E-state index contributed by atoms with van der Waals surface area (Å²) < 4.78 is 5.56. The van der Waals surface area contributed by atoms with Crippen molar-refractivity contribution in [1.29, 1.82) is 0 Å². The number of nitrogens with one attached hydrogen (secondary N) is 1. The highest BCUT2D eigenvalue weighted by Crippen LogP contribution is 2.14. The summed E-state index contributed by atoms with van der Waals surface area (Å²) in [7, 11) is 0. The molecule has 0 aliphatic heterocycles. The third-order valence-corrected chi connectivity index (χ3v) is 3.35. The molecule has 2 rings (SSSR count). The number of aryl methyl sites for hydroxylation is 2. The van der Waals surface area contributed by atoms with E-state index in [1.54, 1.807) is 0 Å². The second-order valence-electron chi connectivity index (χ2n) is 5.11. The van der Waals surface area contributed by atoms with Crippen molar-refractivity contribution in [3.05, 3.63) is 59.7 Å². The lowest BCUT2D eigenvalue weighted by atomic mass is 10.1. The Labute approximate surface area is 126 Å². The molecular weight excluding hydrogens is 262 g/mol. The van der Waals surface area contributed by atoms with Crippen LogP contribution in [0.4, 0.5) is 5.69 Å². The van der Waals surface area contributed by atoms with Crippen LogP contribution in [-0.4, -0.2) is 12.5 Å². The maximum atomic E-state index is 11.9. The van der Waals surface area contributed by atoms with Gasteiger partial charge in [-0.25, -0.2) is 0 Å². The molecule has 3 nitrogen and oxygen atoms in total. The number of ether oxygens (including phenoxy) is 1. The minimum absolute atomic E-state index is 0.0231. The Bertz CT molecular complexity index is 593. The zero-order valence-electron chi connectivity index (χ0n) is 12.6. The summed E-state index contributed by atoms with van der Waals surface area (Å²) >= 11 is 0. The molecule has 1 amide bonds. The summed E-state index contributed by atoms with van der Waals surface area (Å²) in [6.45, 7) is 4.64. The Morgan fingerprint density at radius 2 is 1.81 bits per heavy atom. The molecule has 3 heteroatoms. The summed E-state index contributed by atoms with van der Waals surface area (Å²) in [6.07, 6.45) is 1.16. The fourth-order valence-corrected chi connectivity index (χ4v) is 1.98. The first-order chi connectivity index (χ1) is 10.1. The number of anilines is 1. The van der Waals surface area contributed by atoms with Crippen molar-refractivity contribution in [3.63, 3.8) is 0 Å². The zero-order valence-corrected chi connectivity index (χ0v) is 12.6. The van der Waals surface area contributed by atoms with Gasteiger partial charge in [0.15, 0.2) is 0 Å². The van der Waals surface area contributed by atoms with E-state index in [1.165, 1.54) is 11.1 Å². The minimum atomic E-state index is 0.0231. The van der Waals surface area contributed by atoms with Gasteiger partial charge in [0, 0.05) is 12.1 Å². The third kappa shape index (κ3) is 4.95. The molecular formula is C18H21NO2. The van der Waals surface area contributed by atoms with Crippen LogP contribution in [0.2, 0.25) is 0 Å². The largest absolute Gasteiger partial charge is 0.494 e. The summed E-state index contributed by atoms with van der Waals surface area (Å²) in [4.78, 5) is 11.9. The topological polar surface area (TPSA) is 38.3 Å². The smallest absolute Gasteiger partial charge is 0.224 e. The van der Waals surface area contributed by atoms with E-state index in [0.717, 1.165) is 11.4 Å². The van der Waals surface area contributed by atoms with Crippen molar-refractivity contribution in [2.45, 2.75) is 26.7 Å². The number of amides is 1. The van der Waals surface area contributed by atoms with Gasteiger partial charge in [0.2, 0.25) is 5.91 Å². The number of benzene rings is 2. The van der Waals surface area contributed by atoms with Crippen LogP contribution in [0.1, 0.15) is 24.0 Å². The molecule has 0 aliphatic carbocycles. The van der Waals surface area contributed by atoms with Crippen molar-refractivity contribution in [2.75, 3.05) is 11.9 Å². The molecule has 0 aromatic heterocycles. The second kappa shape index (κ2) is 7.48. The van der Waals surface area contributed by atoms with Crippen molar-refractivity contribution in [1.82, 2.24) is 0 Å². The first-order valence-electron chi connectivity index (χ1n) is 7.20. The Kier molecular flexibility index (Phi) is 5.38. The molecule has 0 radical (unpaired) electrons. The normalized spacial score (nSPS) is 10.2. The number of para-hydroxylation sites is 1. The summed E-state index contributed by atoms with van der Waals surface area (Å²) in [6, 6.07) is 15.6. The van der Waals surface area contributed by atoms with E-state index in [-0.39, 0.29) is 5.91 Å². The molecule has 0 bridgehead atoms. The lowest BCUT2D eigenvalue weighted by molar-refractivity contribution is -0.116. The predicted molar refractivity (Wildman–Crippen MR) is 85.7 cm³/mol. The average molecular weight is 283 g/mol. The van der Waals surface area contributed by atoms with Gasteiger partial charge in [-0.05, 0) is 55.7 Å². The highest BCUT2D eigenvalue weighted by molar-refractivity contribution is 5.90. The fraction of sp³-hybridized carbons (Fsp3) is 0.278. The van der Waals surface area contributed by atoms with Crippen molar-refractivity contribution in [2.24, 2.45) is 0 Å². The van der Waals surface area contributed by atoms with Gasteiger partial charge in [0.1, 0.15) is 5.75 Å². The molecule has 1 N–H and O–H groups in total. The van der Waals surface area contributed by atoms with E-state index < -0.39 is 0 Å². The van der Waals surface area contributed by atoms with Crippen LogP contribution in [-0.2, 0) is 4.79 Å². The van der Waals surface area contributed by atoms with Crippen LogP contribution in [0.5, 0.6) is 5.75 Å². The van der Waals surface area contributed by atoms with Gasteiger partial charge in [-0.3, -0.25) is 4.79 Å². The first-order valence-corrected chi connectivity index (χ1v) is 7.20. The number of carbonyl (C=O) groups excluding carboxylic acids is 1. The maximum absolute atomic E-state index is 11.9. The highest BCUT2D eigenvalue weighted by Gasteiger charge is 2.03. The van der Waals surface area contributed by atoms with Crippen LogP contribution in [0.15, 0.2) is 48.5 Å². The van der Waals surface area contributed by atoms with Gasteiger partial charge in [-0.15, -0.1) is 0 Å². The Morgan fingerprint density at radius 1 is 1.05 bits per heavy atom. The molecule has 0 spiro atoms. The standard InChI is InChI=1S/C18H21NO2/c1-14-10-11-16(13-15(14)2)19-18(20)9-6-12-21-17-7-4-3-5-8-17/h3-5,7-8,10-11,13H,6,9,12H2,1-2H3,(H,19,20). The molecule has 0 unspecified atom stereocenters. The van der Waals surface area contributed by atoms with Gasteiger partial charge in [0.25, 0.3) is 0 Å². The van der Waals surface area contributed by atoms with E-state index >= 15 is 0 Å². The van der Waals surface area contributed by atoms with Crippen LogP contribution in [0.3, 0.4) is 0 Å². The number of rotatable bonds is 6. The molecule has 0 saturated carbocycles. The van der Waals surface area contributed by atoms with Gasteiger partial charge >= 0.3 is 0 Å². The molecule has 0 heterocycles. The van der Waals surface area contributed by atoms with Crippen LogP contribution in [0, 0.1) is 13.8 Å². The number of carbonyl (C=O) groups is 1. The third-order valence-electron chi connectivity index (χ3n) is 3.35. The van der Waals surface area contributed by atoms with Crippen LogP contribution < -0.4 is 10.1 Å². The van der Waals surface area contributed by atoms with E-state index in [2.05, 4.69) is 12.2 Å². The fourth-order valence-electron chi connectivity index (χ4n) is 1.98. The molecule has 2 aromatic rings. The molecule has 0 saturated heterocycles. The monoisotopic (exact) mass is 283 g/mol. The molecule has 0 atom stereocenters. The highest BCUT2D eigenvalue weighted by atomic mass is 16.5. The van der Waals surface area contributed by atoms with Crippen LogP contribution in [0.25, 0.3) is 0 Å². The second-order valence-corrected chi connectivity index (χ2v) is 5.11. The minimum Gasteiger partial charge on any atom is -0.494 e. The summed E-state index contributed by atoms with van der Waals surface area (Å²) in [5, 5.41) is 2.91. The number of hydrogen-bond acceptors (Lipinski definition) is 2. The Hall–Kier alpha value is -2.29. The van der Waals surface area contributed by atoms with E-state index in [4.69, 9.17) is 4.74 Å². The van der Waals surface area contributed by atoms with Gasteiger partial charge in [-0.2, -0.15) is 0 Å². The van der Waals surface area contributed by atoms with Gasteiger partial charge in [-0.1, -0.05) is 24.3 Å². The molecule has 0 fully saturated rings. The Balaban J connectivity index is 1.71. The number of hydrogen-bond donors (Lipinski definition) is 1. The zero-order chi connectivity index (χ0) is 15.1. The lowest BCUT2D eigenvalue weighted by Gasteiger charge is -2.08. The molecule has 0 aliphatic rings. The molecule has 110 valence electrons. The quantitative estimate of drug-likeness (QED) is 0.810. The van der Waals surface area contributed by atoms with E-state index in [1.807, 2.05) is 55.5 Å². The summed E-state index contributed by atoms with van der Waals surface area (Å²) in [5.74, 6) is 0.863. The Morgan fingerprint density at radius 3 is 2.52 bits per heavy atom. The SMILES string of the molecule is Cc1ccc(NC(=O)CCCOc2ccccc2)cc1C. The summed E-state index contributed by atoms with van der Waals surface area (Å²) in [5.41, 5.74) is 3.26. The van der Waals surface area contributed by atoms with Crippen molar-refractivity contribution >= 4 is 11.6 Å². The van der Waals surface area contributed by atoms with Crippen molar-refractivity contribution in [3.8, 4) is 5.75 Å². The van der Waals surface area contributed by atoms with E-state index in [9.17, 15) is 4.79 Å². The lowest BCUT2D eigenvalue weighted by Crippen LogP contribution is -2.13. The van der Waals surface area contributed by atoms with Crippen molar-refractivity contribution < 1.29 is 9.53 Å². The molecule has 2 aromatic carbocycles. The average Bonchev–Trinajstić information content (AvgIpc) is 2.49. The first kappa shape index (κ1) is 15.1. The maximum Gasteiger partial charge on any atom is 0.224 e. The molecule has 21 heavy (non-hydrogen) atoms. The van der Waals surface area contributed by atoms with Gasteiger partial charge < -0.3 is 10.1 Å².